The van der Waals surface area contributed by atoms with Crippen LogP contribution in [0.2, 0.25) is 5.02 Å². The molecule has 0 fully saturated rings. The summed E-state index contributed by atoms with van der Waals surface area (Å²) in [6.07, 6.45) is 0.947. The SMILES string of the molecule is CCOc1cc(CNCCc2ccc(OC)cc2)cc(Br)c1OCc1ccccc1Cl.Cl. The van der Waals surface area contributed by atoms with Gasteiger partial charge in [0.25, 0.3) is 0 Å². The largest absolute Gasteiger partial charge is 0.497 e. The number of ether oxygens (including phenoxy) is 3. The molecule has 3 aromatic rings. The number of halogens is 3. The molecule has 4 nitrogen and oxygen atoms in total. The van der Waals surface area contributed by atoms with Crippen LogP contribution in [0.1, 0.15) is 23.6 Å². The zero-order valence-corrected chi connectivity index (χ0v) is 21.4. The van der Waals surface area contributed by atoms with Crippen molar-refractivity contribution in [2.75, 3.05) is 20.3 Å². The fourth-order valence-corrected chi connectivity index (χ4v) is 3.94. The lowest BCUT2D eigenvalue weighted by Crippen LogP contribution is -2.17. The molecule has 0 saturated heterocycles. The van der Waals surface area contributed by atoms with Gasteiger partial charge in [0, 0.05) is 17.1 Å². The zero-order chi connectivity index (χ0) is 22.1. The van der Waals surface area contributed by atoms with Crippen molar-refractivity contribution in [1.82, 2.24) is 5.32 Å². The molecule has 0 atom stereocenters. The summed E-state index contributed by atoms with van der Waals surface area (Å²) in [5, 5.41) is 4.18. The molecule has 0 saturated carbocycles. The molecule has 0 unspecified atom stereocenters. The van der Waals surface area contributed by atoms with Crippen LogP contribution in [-0.2, 0) is 19.6 Å². The maximum absolute atomic E-state index is 6.25. The summed E-state index contributed by atoms with van der Waals surface area (Å²) in [6, 6.07) is 19.9. The van der Waals surface area contributed by atoms with E-state index in [4.69, 9.17) is 25.8 Å². The molecule has 1 N–H and O–H groups in total. The van der Waals surface area contributed by atoms with Crippen LogP contribution in [0.25, 0.3) is 0 Å². The standard InChI is InChI=1S/C25H27BrClNO3.ClH/c1-3-30-24-15-19(16-28-13-12-18-8-10-21(29-2)11-9-18)14-22(26)25(24)31-17-20-6-4-5-7-23(20)27;/h4-11,14-15,28H,3,12-13,16-17H2,1-2H3;1H. The quantitative estimate of drug-likeness (QED) is 0.270. The molecule has 0 amide bonds. The minimum absolute atomic E-state index is 0. The molecule has 3 rings (SSSR count). The van der Waals surface area contributed by atoms with Crippen LogP contribution in [0.4, 0.5) is 0 Å². The molecule has 172 valence electrons. The first kappa shape index (κ1) is 26.3. The number of hydrogen-bond acceptors (Lipinski definition) is 4. The Labute approximate surface area is 209 Å². The topological polar surface area (TPSA) is 39.7 Å². The van der Waals surface area contributed by atoms with Crippen molar-refractivity contribution >= 4 is 39.9 Å². The van der Waals surface area contributed by atoms with Crippen molar-refractivity contribution in [3.63, 3.8) is 0 Å². The lowest BCUT2D eigenvalue weighted by atomic mass is 10.1. The van der Waals surface area contributed by atoms with Crippen LogP contribution in [0, 0.1) is 0 Å². The predicted octanol–water partition coefficient (Wildman–Crippen LogP) is 6.84. The molecule has 0 heterocycles. The van der Waals surface area contributed by atoms with Crippen molar-refractivity contribution in [3.05, 3.63) is 86.8 Å². The monoisotopic (exact) mass is 539 g/mol. The van der Waals surface area contributed by atoms with Crippen molar-refractivity contribution < 1.29 is 14.2 Å². The number of nitrogens with one attached hydrogen (secondary N) is 1. The van der Waals surface area contributed by atoms with E-state index >= 15 is 0 Å². The molecule has 0 bridgehead atoms. The first-order valence-electron chi connectivity index (χ1n) is 10.3. The number of rotatable bonds is 11. The molecule has 0 aromatic heterocycles. The molecule has 7 heteroatoms. The molecular weight excluding hydrogens is 513 g/mol. The third-order valence-electron chi connectivity index (χ3n) is 4.78. The molecule has 0 radical (unpaired) electrons. The van der Waals surface area contributed by atoms with E-state index in [0.717, 1.165) is 46.6 Å². The predicted molar refractivity (Wildman–Crippen MR) is 137 cm³/mol. The Balaban J connectivity index is 0.00000363. The van der Waals surface area contributed by atoms with Gasteiger partial charge in [0.1, 0.15) is 12.4 Å². The van der Waals surface area contributed by atoms with Gasteiger partial charge in [-0.05, 0) is 77.3 Å². The highest BCUT2D eigenvalue weighted by Gasteiger charge is 2.13. The lowest BCUT2D eigenvalue weighted by molar-refractivity contribution is 0.267. The summed E-state index contributed by atoms with van der Waals surface area (Å²) in [4.78, 5) is 0. The van der Waals surface area contributed by atoms with E-state index < -0.39 is 0 Å². The van der Waals surface area contributed by atoms with E-state index in [1.54, 1.807) is 7.11 Å². The van der Waals surface area contributed by atoms with E-state index in [1.807, 2.05) is 49.4 Å². The van der Waals surface area contributed by atoms with Crippen molar-refractivity contribution in [2.24, 2.45) is 0 Å². The molecule has 3 aromatic carbocycles. The van der Waals surface area contributed by atoms with Gasteiger partial charge in [-0.15, -0.1) is 12.4 Å². The summed E-state index contributed by atoms with van der Waals surface area (Å²) in [5.74, 6) is 2.28. The highest BCUT2D eigenvalue weighted by Crippen LogP contribution is 2.37. The van der Waals surface area contributed by atoms with E-state index in [1.165, 1.54) is 5.56 Å². The second-order valence-corrected chi connectivity index (χ2v) is 8.25. The van der Waals surface area contributed by atoms with Gasteiger partial charge in [-0.25, -0.2) is 0 Å². The van der Waals surface area contributed by atoms with Gasteiger partial charge in [-0.1, -0.05) is 41.9 Å². The van der Waals surface area contributed by atoms with Crippen LogP contribution in [-0.4, -0.2) is 20.3 Å². The average molecular weight is 541 g/mol. The number of methoxy groups -OCH3 is 1. The third kappa shape index (κ3) is 7.59. The van der Waals surface area contributed by atoms with E-state index in [0.29, 0.717) is 24.0 Å². The Kier molecular flexibility index (Phi) is 11.2. The van der Waals surface area contributed by atoms with Crippen LogP contribution in [0.3, 0.4) is 0 Å². The minimum Gasteiger partial charge on any atom is -0.497 e. The lowest BCUT2D eigenvalue weighted by Gasteiger charge is -2.16. The highest BCUT2D eigenvalue weighted by molar-refractivity contribution is 9.10. The number of benzene rings is 3. The van der Waals surface area contributed by atoms with Crippen LogP contribution in [0.5, 0.6) is 17.2 Å². The first-order chi connectivity index (χ1) is 15.1. The van der Waals surface area contributed by atoms with Gasteiger partial charge in [-0.2, -0.15) is 0 Å². The van der Waals surface area contributed by atoms with Gasteiger partial charge >= 0.3 is 0 Å². The molecule has 0 aliphatic carbocycles. The van der Waals surface area contributed by atoms with Crippen LogP contribution in [0.15, 0.2) is 65.1 Å². The molecule has 0 aliphatic rings. The maximum atomic E-state index is 6.25. The van der Waals surface area contributed by atoms with Crippen LogP contribution >= 0.6 is 39.9 Å². The summed E-state index contributed by atoms with van der Waals surface area (Å²) in [5.41, 5.74) is 3.32. The van der Waals surface area contributed by atoms with Gasteiger partial charge < -0.3 is 19.5 Å². The second kappa shape index (κ2) is 13.6. The Morgan fingerprint density at radius 3 is 2.41 bits per heavy atom. The normalized spacial score (nSPS) is 10.4. The minimum atomic E-state index is 0. The van der Waals surface area contributed by atoms with Crippen molar-refractivity contribution in [1.29, 1.82) is 0 Å². The van der Waals surface area contributed by atoms with E-state index in [2.05, 4.69) is 39.4 Å². The smallest absolute Gasteiger partial charge is 0.175 e. The Morgan fingerprint density at radius 1 is 0.969 bits per heavy atom. The fourth-order valence-electron chi connectivity index (χ4n) is 3.15. The third-order valence-corrected chi connectivity index (χ3v) is 5.74. The molecule has 0 spiro atoms. The molecule has 0 aliphatic heterocycles. The maximum Gasteiger partial charge on any atom is 0.175 e. The van der Waals surface area contributed by atoms with Gasteiger partial charge in [-0.3, -0.25) is 0 Å². The molecular formula is C25H28BrCl2NO3. The van der Waals surface area contributed by atoms with Crippen molar-refractivity contribution in [3.8, 4) is 17.2 Å². The zero-order valence-electron chi connectivity index (χ0n) is 18.2. The van der Waals surface area contributed by atoms with Gasteiger partial charge in [0.2, 0.25) is 0 Å². The number of hydrogen-bond donors (Lipinski definition) is 1. The fraction of sp³-hybridized carbons (Fsp3) is 0.280. The summed E-state index contributed by atoms with van der Waals surface area (Å²) in [6.45, 7) is 4.50. The Hall–Kier alpha value is -1.92. The van der Waals surface area contributed by atoms with Crippen LogP contribution < -0.4 is 19.5 Å². The van der Waals surface area contributed by atoms with Gasteiger partial charge in [0.05, 0.1) is 18.2 Å². The first-order valence-corrected chi connectivity index (χ1v) is 11.4. The average Bonchev–Trinajstić information content (AvgIpc) is 2.78. The summed E-state index contributed by atoms with van der Waals surface area (Å²) < 4.78 is 18.0. The second-order valence-electron chi connectivity index (χ2n) is 6.99. The van der Waals surface area contributed by atoms with E-state index in [-0.39, 0.29) is 12.4 Å². The van der Waals surface area contributed by atoms with Gasteiger partial charge in [0.15, 0.2) is 11.5 Å². The highest BCUT2D eigenvalue weighted by atomic mass is 79.9. The summed E-state index contributed by atoms with van der Waals surface area (Å²) >= 11 is 9.89. The van der Waals surface area contributed by atoms with Crippen molar-refractivity contribution in [2.45, 2.75) is 26.5 Å². The molecule has 32 heavy (non-hydrogen) atoms. The Morgan fingerprint density at radius 2 is 1.72 bits per heavy atom. The Bertz CT molecular complexity index is 983. The van der Waals surface area contributed by atoms with E-state index in [9.17, 15) is 0 Å². The summed E-state index contributed by atoms with van der Waals surface area (Å²) in [7, 11) is 1.68.